The number of pyridine rings is 1. The van der Waals surface area contributed by atoms with Gasteiger partial charge >= 0.3 is 6.18 Å². The first-order valence-corrected chi connectivity index (χ1v) is 13.5. The molecule has 0 spiro atoms. The molecule has 5 rings (SSSR count). The van der Waals surface area contributed by atoms with Gasteiger partial charge in [-0.25, -0.2) is 14.4 Å². The van der Waals surface area contributed by atoms with Crippen molar-refractivity contribution in [1.82, 2.24) is 15.3 Å². The Morgan fingerprint density at radius 1 is 1.17 bits per heavy atom. The highest BCUT2D eigenvalue weighted by molar-refractivity contribution is 7.22. The van der Waals surface area contributed by atoms with Gasteiger partial charge in [0.05, 0.1) is 27.0 Å². The van der Waals surface area contributed by atoms with E-state index < -0.39 is 47.1 Å². The minimum absolute atomic E-state index is 0.0357. The Morgan fingerprint density at radius 2 is 1.88 bits per heavy atom. The van der Waals surface area contributed by atoms with Crippen LogP contribution in [0, 0.1) is 5.82 Å². The van der Waals surface area contributed by atoms with E-state index in [1.165, 1.54) is 25.1 Å². The van der Waals surface area contributed by atoms with Crippen LogP contribution in [0.15, 0.2) is 36.4 Å². The van der Waals surface area contributed by atoms with Gasteiger partial charge < -0.3 is 26.6 Å². The molecule has 2 amide bonds. The number of anilines is 1. The topological polar surface area (TPSA) is 153 Å². The van der Waals surface area contributed by atoms with E-state index in [1.54, 1.807) is 0 Å². The molecule has 0 bridgehead atoms. The molecule has 6 N–H and O–H groups in total. The number of hydrogen-bond acceptors (Lipinski definition) is 8. The van der Waals surface area contributed by atoms with Crippen molar-refractivity contribution < 1.29 is 37.0 Å². The molecule has 220 valence electrons. The second-order valence-corrected chi connectivity index (χ2v) is 11.6. The molecule has 2 aromatic heterocycles. The summed E-state index contributed by atoms with van der Waals surface area (Å²) in [5.41, 5.74) is 4.77. The van der Waals surface area contributed by atoms with Crippen molar-refractivity contribution in [2.24, 2.45) is 5.73 Å². The maximum absolute atomic E-state index is 14.6. The van der Waals surface area contributed by atoms with E-state index >= 15 is 0 Å². The van der Waals surface area contributed by atoms with Crippen LogP contribution in [0.2, 0.25) is 10.0 Å². The molecule has 1 aliphatic heterocycles. The average Bonchev–Trinajstić information content (AvgIpc) is 3.47. The molecule has 0 aliphatic carbocycles. The molecule has 2 aromatic carbocycles. The van der Waals surface area contributed by atoms with Gasteiger partial charge in [-0.3, -0.25) is 9.59 Å². The van der Waals surface area contributed by atoms with Crippen LogP contribution in [0.4, 0.5) is 22.7 Å². The minimum atomic E-state index is -5.39. The molecular formula is C26H19Cl2F4N5O4S. The maximum atomic E-state index is 14.6. The van der Waals surface area contributed by atoms with Gasteiger partial charge in [0.2, 0.25) is 11.5 Å². The van der Waals surface area contributed by atoms with E-state index in [0.717, 1.165) is 29.5 Å². The number of rotatable bonds is 6. The van der Waals surface area contributed by atoms with Gasteiger partial charge in [-0.05, 0) is 43.3 Å². The molecule has 2 atom stereocenters. The lowest BCUT2D eigenvalue weighted by atomic mass is 9.81. The molecule has 9 nitrogen and oxygen atoms in total. The Hall–Kier alpha value is -3.72. The SMILES string of the molecule is C[C@]1(C(N)=O)COc2c1cc([C@@](O)(CNC(=O)c1cc(Cl)c3nc(N)sc3c1)C(F)(F)F)nc2-c1ccc(F)c(Cl)c1. The maximum Gasteiger partial charge on any atom is 0.424 e. The number of carbonyl (C=O) groups excluding carboxylic acids is 2. The average molecular weight is 644 g/mol. The van der Waals surface area contributed by atoms with Crippen LogP contribution in [-0.2, 0) is 15.8 Å². The van der Waals surface area contributed by atoms with Crippen LogP contribution in [0.3, 0.4) is 0 Å². The fourth-order valence-corrected chi connectivity index (χ4v) is 5.72. The second-order valence-electron chi connectivity index (χ2n) is 9.74. The first-order chi connectivity index (χ1) is 19.5. The summed E-state index contributed by atoms with van der Waals surface area (Å²) >= 11 is 13.1. The number of hydrogen-bond donors (Lipinski definition) is 4. The van der Waals surface area contributed by atoms with Crippen LogP contribution in [0.1, 0.15) is 28.5 Å². The zero-order valence-corrected chi connectivity index (χ0v) is 23.6. The van der Waals surface area contributed by atoms with Crippen molar-refractivity contribution in [2.75, 3.05) is 18.9 Å². The fraction of sp³-hybridized carbons (Fsp3) is 0.231. The van der Waals surface area contributed by atoms with Crippen molar-refractivity contribution in [3.05, 3.63) is 69.1 Å². The summed E-state index contributed by atoms with van der Waals surface area (Å²) in [6.07, 6.45) is -5.39. The predicted octanol–water partition coefficient (Wildman–Crippen LogP) is 4.70. The Kier molecular flexibility index (Phi) is 7.24. The van der Waals surface area contributed by atoms with Crippen LogP contribution in [0.25, 0.3) is 21.5 Å². The number of nitrogens with one attached hydrogen (secondary N) is 1. The summed E-state index contributed by atoms with van der Waals surface area (Å²) < 4.78 is 63.7. The van der Waals surface area contributed by atoms with Crippen molar-refractivity contribution >= 4 is 61.7 Å². The summed E-state index contributed by atoms with van der Waals surface area (Å²) in [5, 5.41) is 13.1. The van der Waals surface area contributed by atoms with Crippen LogP contribution in [-0.4, -0.2) is 46.2 Å². The number of nitrogens with two attached hydrogens (primary N) is 2. The Bertz CT molecular complexity index is 1790. The lowest BCUT2D eigenvalue weighted by Gasteiger charge is -2.31. The van der Waals surface area contributed by atoms with Gasteiger partial charge in [0.15, 0.2) is 5.13 Å². The van der Waals surface area contributed by atoms with E-state index in [9.17, 15) is 32.3 Å². The number of nitrogens with zero attached hydrogens (tertiary/aromatic N) is 2. The van der Waals surface area contributed by atoms with Gasteiger partial charge in [-0.15, -0.1) is 0 Å². The molecular weight excluding hydrogens is 625 g/mol. The second kappa shape index (κ2) is 10.2. The molecule has 16 heteroatoms. The van der Waals surface area contributed by atoms with Crippen molar-refractivity contribution in [2.45, 2.75) is 24.1 Å². The third kappa shape index (κ3) is 4.87. The summed E-state index contributed by atoms with van der Waals surface area (Å²) in [5.74, 6) is -2.81. The quantitative estimate of drug-likeness (QED) is 0.222. The number of carbonyl (C=O) groups is 2. The molecule has 4 aromatic rings. The van der Waals surface area contributed by atoms with Crippen molar-refractivity contribution in [3.63, 3.8) is 0 Å². The Labute approximate surface area is 248 Å². The van der Waals surface area contributed by atoms with Gasteiger partial charge in [-0.2, -0.15) is 13.2 Å². The highest BCUT2D eigenvalue weighted by atomic mass is 35.5. The van der Waals surface area contributed by atoms with Gasteiger partial charge in [0, 0.05) is 16.7 Å². The highest BCUT2D eigenvalue weighted by Gasteiger charge is 2.57. The first kappa shape index (κ1) is 29.8. The molecule has 0 fully saturated rings. The van der Waals surface area contributed by atoms with E-state index in [-0.39, 0.29) is 49.9 Å². The standard InChI is InChI=1S/C26H19Cl2F4N5O4S/c1-24(22(33)39)9-41-20-12(24)7-17(36-18(20)10-2-3-15(29)13(27)4-10)25(40,26(30,31)32)8-35-21(38)11-5-14(28)19-16(6-11)42-23(34)37-19/h2-7,40H,8-9H2,1H3,(H2,33,39)(H2,34,37)(H,35,38)/t24-,25-/m0/s1. The number of nitrogen functional groups attached to an aromatic ring is 1. The number of ether oxygens (including phenoxy) is 1. The monoisotopic (exact) mass is 643 g/mol. The lowest BCUT2D eigenvalue weighted by Crippen LogP contribution is -2.51. The zero-order chi connectivity index (χ0) is 30.8. The molecule has 3 heterocycles. The fourth-order valence-electron chi connectivity index (χ4n) is 4.42. The number of aromatic nitrogens is 2. The summed E-state index contributed by atoms with van der Waals surface area (Å²) in [7, 11) is 0. The molecule has 0 saturated heterocycles. The number of halogens is 6. The Morgan fingerprint density at radius 3 is 2.52 bits per heavy atom. The summed E-state index contributed by atoms with van der Waals surface area (Å²) in [6, 6.07) is 6.66. The third-order valence-electron chi connectivity index (χ3n) is 6.93. The largest absolute Gasteiger partial charge is 0.489 e. The van der Waals surface area contributed by atoms with E-state index in [4.69, 9.17) is 39.4 Å². The molecule has 0 unspecified atom stereocenters. The first-order valence-electron chi connectivity index (χ1n) is 11.9. The lowest BCUT2D eigenvalue weighted by molar-refractivity contribution is -0.265. The van der Waals surface area contributed by atoms with Crippen LogP contribution in [0.5, 0.6) is 5.75 Å². The van der Waals surface area contributed by atoms with Gasteiger partial charge in [-0.1, -0.05) is 34.5 Å². The van der Waals surface area contributed by atoms with E-state index in [2.05, 4.69) is 15.3 Å². The molecule has 0 radical (unpaired) electrons. The van der Waals surface area contributed by atoms with E-state index in [1.807, 2.05) is 0 Å². The third-order valence-corrected chi connectivity index (χ3v) is 8.34. The number of amides is 2. The van der Waals surface area contributed by atoms with Crippen molar-refractivity contribution in [1.29, 1.82) is 0 Å². The van der Waals surface area contributed by atoms with Crippen LogP contribution < -0.4 is 21.5 Å². The predicted molar refractivity (Wildman–Crippen MR) is 148 cm³/mol. The van der Waals surface area contributed by atoms with Crippen LogP contribution >= 0.6 is 34.5 Å². The zero-order valence-electron chi connectivity index (χ0n) is 21.3. The normalized spacial score (nSPS) is 17.9. The summed E-state index contributed by atoms with van der Waals surface area (Å²) in [4.78, 5) is 33.4. The number of aliphatic hydroxyl groups is 1. The number of fused-ring (bicyclic) bond motifs is 2. The molecule has 1 aliphatic rings. The molecule has 0 saturated carbocycles. The number of thiazole rings is 1. The highest BCUT2D eigenvalue weighted by Crippen LogP contribution is 2.48. The van der Waals surface area contributed by atoms with Gasteiger partial charge in [0.25, 0.3) is 5.91 Å². The van der Waals surface area contributed by atoms with Gasteiger partial charge in [0.1, 0.15) is 34.8 Å². The van der Waals surface area contributed by atoms with Crippen molar-refractivity contribution in [3.8, 4) is 17.0 Å². The smallest absolute Gasteiger partial charge is 0.424 e. The number of alkyl halides is 3. The summed E-state index contributed by atoms with van der Waals surface area (Å²) in [6.45, 7) is -0.372. The molecule has 42 heavy (non-hydrogen) atoms. The van der Waals surface area contributed by atoms with E-state index in [0.29, 0.717) is 10.2 Å². The Balaban J connectivity index is 1.61. The minimum Gasteiger partial charge on any atom is -0.489 e. The number of primary amides is 1. The number of benzene rings is 2.